The van der Waals surface area contributed by atoms with Crippen molar-refractivity contribution < 1.29 is 27.5 Å². The molecule has 1 unspecified atom stereocenters. The number of rotatable bonds is 6. The van der Waals surface area contributed by atoms with Crippen molar-refractivity contribution >= 4 is 27.9 Å². The Morgan fingerprint density at radius 2 is 1.71 bits per heavy atom. The van der Waals surface area contributed by atoms with Crippen LogP contribution in [0.1, 0.15) is 57.1 Å². The smallest absolute Gasteiger partial charge is 0.444 e. The summed E-state index contributed by atoms with van der Waals surface area (Å²) in [5, 5.41) is 0. The summed E-state index contributed by atoms with van der Waals surface area (Å²) in [6.07, 6.45) is -3.46. The van der Waals surface area contributed by atoms with Crippen LogP contribution in [-0.4, -0.2) is 59.3 Å². The first kappa shape index (κ1) is 28.5. The molecule has 0 N–H and O–H groups in total. The summed E-state index contributed by atoms with van der Waals surface area (Å²) in [5.41, 5.74) is 0.651. The Bertz CT molecular complexity index is 1140. The molecule has 2 aromatic rings. The molecule has 2 aromatic carbocycles. The Hall–Kier alpha value is -2.55. The molecule has 0 spiro atoms. The minimum Gasteiger partial charge on any atom is -0.444 e. The molecule has 1 heterocycles. The van der Waals surface area contributed by atoms with E-state index >= 15 is 0 Å². The molecule has 2 aliphatic rings. The number of ether oxygens (including phenoxy) is 1. The monoisotopic (exact) mass is 594 g/mol. The maximum atomic E-state index is 13.8. The molecule has 0 bridgehead atoms. The van der Waals surface area contributed by atoms with E-state index in [1.54, 1.807) is 25.7 Å². The van der Waals surface area contributed by atoms with Gasteiger partial charge in [-0.1, -0.05) is 58.4 Å². The Morgan fingerprint density at radius 1 is 1.05 bits per heavy atom. The molecular formula is C29H34BrF3N2O3. The van der Waals surface area contributed by atoms with Gasteiger partial charge in [0.1, 0.15) is 5.60 Å². The van der Waals surface area contributed by atoms with Gasteiger partial charge < -0.3 is 14.5 Å². The zero-order valence-corrected chi connectivity index (χ0v) is 23.5. The van der Waals surface area contributed by atoms with Gasteiger partial charge in [0.15, 0.2) is 0 Å². The number of hydrogen-bond donors (Lipinski definition) is 0. The zero-order valence-electron chi connectivity index (χ0n) is 21.9. The number of hydrogen-bond acceptors (Lipinski definition) is 3. The molecule has 5 nitrogen and oxygen atoms in total. The molecule has 2 amide bonds. The summed E-state index contributed by atoms with van der Waals surface area (Å²) in [4.78, 5) is 28.2. The molecule has 4 rings (SSSR count). The minimum absolute atomic E-state index is 0.0198. The highest BCUT2D eigenvalue weighted by Crippen LogP contribution is 2.48. The lowest BCUT2D eigenvalue weighted by Crippen LogP contribution is -2.53. The van der Waals surface area contributed by atoms with Crippen molar-refractivity contribution in [1.82, 2.24) is 9.80 Å². The van der Waals surface area contributed by atoms with E-state index in [-0.39, 0.29) is 12.5 Å². The number of amides is 2. The van der Waals surface area contributed by atoms with Crippen molar-refractivity contribution in [1.29, 1.82) is 0 Å². The van der Waals surface area contributed by atoms with E-state index in [9.17, 15) is 22.8 Å². The fraction of sp³-hybridized carbons (Fsp3) is 0.517. The van der Waals surface area contributed by atoms with Gasteiger partial charge in [0.25, 0.3) is 0 Å². The summed E-state index contributed by atoms with van der Waals surface area (Å²) in [5.74, 6) is -1.91. The van der Waals surface area contributed by atoms with E-state index < -0.39 is 35.2 Å². The fourth-order valence-corrected chi connectivity index (χ4v) is 5.86. The van der Waals surface area contributed by atoms with E-state index in [1.165, 1.54) is 0 Å². The zero-order chi connectivity index (χ0) is 27.7. The van der Waals surface area contributed by atoms with Gasteiger partial charge in [0, 0.05) is 36.1 Å². The van der Waals surface area contributed by atoms with E-state index in [0.29, 0.717) is 38.8 Å². The number of piperidine rings is 1. The van der Waals surface area contributed by atoms with Crippen LogP contribution in [0.4, 0.5) is 18.0 Å². The van der Waals surface area contributed by atoms with Crippen LogP contribution in [0.15, 0.2) is 59.1 Å². The van der Waals surface area contributed by atoms with Crippen LogP contribution in [0.5, 0.6) is 0 Å². The molecule has 2 fully saturated rings. The Kier molecular flexibility index (Phi) is 8.17. The third kappa shape index (κ3) is 7.10. The summed E-state index contributed by atoms with van der Waals surface area (Å²) in [6, 6.07) is 16.6. The van der Waals surface area contributed by atoms with Crippen molar-refractivity contribution in [2.45, 2.75) is 70.2 Å². The standard InChI is InChI=1S/C29H34BrF3N2O3/c1-27(2,3)38-26(37)34-14-12-28(13-15-34,18-20-8-7-11-22(30)16-20)19-35(25(36)29(31,32)33)24-17-23(24)21-9-5-4-6-10-21/h4-11,16,23-24H,12-15,17-19H2,1-3H3/t23?,24-/m1/s1. The third-order valence-corrected chi connectivity index (χ3v) is 7.83. The summed E-state index contributed by atoms with van der Waals surface area (Å²) < 4.78 is 47.9. The second-order valence-corrected chi connectivity index (χ2v) is 12.4. The van der Waals surface area contributed by atoms with Gasteiger partial charge >= 0.3 is 18.2 Å². The number of likely N-dealkylation sites (tertiary alicyclic amines) is 1. The maximum Gasteiger partial charge on any atom is 0.471 e. The summed E-state index contributed by atoms with van der Waals surface area (Å²) >= 11 is 3.49. The van der Waals surface area contributed by atoms with Crippen LogP contribution in [-0.2, 0) is 16.0 Å². The summed E-state index contributed by atoms with van der Waals surface area (Å²) in [6.45, 7) is 6.07. The van der Waals surface area contributed by atoms with Crippen molar-refractivity contribution in [3.8, 4) is 0 Å². The van der Waals surface area contributed by atoms with Gasteiger partial charge in [-0.25, -0.2) is 4.79 Å². The molecular weight excluding hydrogens is 561 g/mol. The number of carbonyl (C=O) groups is 2. The lowest BCUT2D eigenvalue weighted by molar-refractivity contribution is -0.188. The molecule has 0 aromatic heterocycles. The molecule has 38 heavy (non-hydrogen) atoms. The lowest BCUT2D eigenvalue weighted by atomic mass is 9.73. The van der Waals surface area contributed by atoms with Gasteiger partial charge in [-0.3, -0.25) is 4.79 Å². The molecule has 1 saturated heterocycles. The molecule has 9 heteroatoms. The molecule has 1 saturated carbocycles. The summed E-state index contributed by atoms with van der Waals surface area (Å²) in [7, 11) is 0. The third-order valence-electron chi connectivity index (χ3n) is 7.34. The van der Waals surface area contributed by atoms with Gasteiger partial charge in [0.05, 0.1) is 0 Å². The first-order chi connectivity index (χ1) is 17.8. The van der Waals surface area contributed by atoms with E-state index in [1.807, 2.05) is 54.6 Å². The number of benzene rings is 2. The predicted molar refractivity (Wildman–Crippen MR) is 143 cm³/mol. The topological polar surface area (TPSA) is 49.9 Å². The Balaban J connectivity index is 1.60. The van der Waals surface area contributed by atoms with Crippen LogP contribution < -0.4 is 0 Å². The highest BCUT2D eigenvalue weighted by atomic mass is 79.9. The van der Waals surface area contributed by atoms with Gasteiger partial charge in [-0.05, 0) is 75.1 Å². The average Bonchev–Trinajstić information content (AvgIpc) is 3.62. The lowest BCUT2D eigenvalue weighted by Gasteiger charge is -2.45. The number of carbonyl (C=O) groups excluding carboxylic acids is 2. The van der Waals surface area contributed by atoms with Crippen molar-refractivity contribution in [3.63, 3.8) is 0 Å². The van der Waals surface area contributed by atoms with Gasteiger partial charge in [-0.2, -0.15) is 13.2 Å². The van der Waals surface area contributed by atoms with Crippen LogP contribution >= 0.6 is 15.9 Å². The number of alkyl halides is 3. The number of nitrogens with zero attached hydrogens (tertiary/aromatic N) is 2. The SMILES string of the molecule is CC(C)(C)OC(=O)N1CCC(Cc2cccc(Br)c2)(CN(C(=O)C(F)(F)F)[C@@H]2CC2c2ccccc2)CC1. The first-order valence-corrected chi connectivity index (χ1v) is 13.7. The van der Waals surface area contributed by atoms with Crippen LogP contribution in [0, 0.1) is 5.41 Å². The van der Waals surface area contributed by atoms with Crippen molar-refractivity contribution in [2.24, 2.45) is 5.41 Å². The van der Waals surface area contributed by atoms with Crippen LogP contribution in [0.25, 0.3) is 0 Å². The average molecular weight is 596 g/mol. The number of halogens is 4. The molecule has 1 aliphatic carbocycles. The fourth-order valence-electron chi connectivity index (χ4n) is 5.41. The second-order valence-electron chi connectivity index (χ2n) is 11.5. The van der Waals surface area contributed by atoms with Crippen LogP contribution in [0.3, 0.4) is 0 Å². The minimum atomic E-state index is -4.96. The highest BCUT2D eigenvalue weighted by Gasteiger charge is 2.54. The van der Waals surface area contributed by atoms with Gasteiger partial charge in [-0.15, -0.1) is 0 Å². The molecule has 2 atom stereocenters. The Morgan fingerprint density at radius 3 is 2.29 bits per heavy atom. The van der Waals surface area contributed by atoms with Crippen molar-refractivity contribution in [2.75, 3.05) is 19.6 Å². The van der Waals surface area contributed by atoms with Crippen molar-refractivity contribution in [3.05, 3.63) is 70.2 Å². The molecule has 1 aliphatic heterocycles. The molecule has 206 valence electrons. The predicted octanol–water partition coefficient (Wildman–Crippen LogP) is 6.96. The Labute approximate surface area is 230 Å². The largest absolute Gasteiger partial charge is 0.471 e. The normalized spacial score (nSPS) is 21.1. The quantitative estimate of drug-likeness (QED) is 0.363. The second kappa shape index (κ2) is 10.9. The highest BCUT2D eigenvalue weighted by molar-refractivity contribution is 9.10. The van der Waals surface area contributed by atoms with Gasteiger partial charge in [0.2, 0.25) is 0 Å². The first-order valence-electron chi connectivity index (χ1n) is 12.9. The maximum absolute atomic E-state index is 13.8. The van der Waals surface area contributed by atoms with Crippen LogP contribution in [0.2, 0.25) is 0 Å². The van der Waals surface area contributed by atoms with E-state index in [0.717, 1.165) is 20.5 Å². The van der Waals surface area contributed by atoms with E-state index in [4.69, 9.17) is 4.74 Å². The molecule has 0 radical (unpaired) electrons. The van der Waals surface area contributed by atoms with E-state index in [2.05, 4.69) is 15.9 Å².